The van der Waals surface area contributed by atoms with Gasteiger partial charge in [0.1, 0.15) is 17.5 Å². The zero-order valence-electron chi connectivity index (χ0n) is 12.4. The lowest BCUT2D eigenvalue weighted by Crippen LogP contribution is -2.41. The molecule has 0 aromatic heterocycles. The Balaban J connectivity index is 4.33. The molecule has 0 saturated heterocycles. The van der Waals surface area contributed by atoms with Crippen LogP contribution in [-0.4, -0.2) is 35.6 Å². The van der Waals surface area contributed by atoms with Crippen molar-refractivity contribution in [1.82, 2.24) is 5.32 Å². The van der Waals surface area contributed by atoms with Crippen LogP contribution >= 0.6 is 0 Å². The molecule has 0 aliphatic rings. The van der Waals surface area contributed by atoms with Gasteiger partial charge in [0.15, 0.2) is 0 Å². The van der Waals surface area contributed by atoms with Crippen molar-refractivity contribution in [2.45, 2.75) is 65.2 Å². The Bertz CT molecular complexity index is 308. The van der Waals surface area contributed by atoms with Crippen molar-refractivity contribution in [2.24, 2.45) is 0 Å². The van der Waals surface area contributed by atoms with E-state index < -0.39 is 29.3 Å². The van der Waals surface area contributed by atoms with Gasteiger partial charge in [-0.05, 0) is 41.5 Å². The highest BCUT2D eigenvalue weighted by Crippen LogP contribution is 2.10. The van der Waals surface area contributed by atoms with E-state index in [-0.39, 0.29) is 6.42 Å². The minimum absolute atomic E-state index is 0.222. The summed E-state index contributed by atoms with van der Waals surface area (Å²) < 4.78 is 10.1. The first kappa shape index (κ1) is 17.4. The van der Waals surface area contributed by atoms with Crippen LogP contribution in [0.3, 0.4) is 0 Å². The highest BCUT2D eigenvalue weighted by Gasteiger charge is 2.23. The Morgan fingerprint density at radius 2 is 1.53 bits per heavy atom. The lowest BCUT2D eigenvalue weighted by Gasteiger charge is -2.23. The quantitative estimate of drug-likeness (QED) is 0.624. The summed E-state index contributed by atoms with van der Waals surface area (Å²) in [6, 6.07) is -0.954. The summed E-state index contributed by atoms with van der Waals surface area (Å²) in [5.41, 5.74) is -1.29. The Morgan fingerprint density at radius 1 is 1.05 bits per heavy atom. The van der Waals surface area contributed by atoms with Gasteiger partial charge in [0.05, 0.1) is 12.5 Å². The van der Waals surface area contributed by atoms with Crippen molar-refractivity contribution >= 4 is 18.3 Å². The van der Waals surface area contributed by atoms with Gasteiger partial charge in [0, 0.05) is 0 Å². The summed E-state index contributed by atoms with van der Waals surface area (Å²) in [6.07, 6.45) is -0.485. The van der Waals surface area contributed by atoms with Crippen molar-refractivity contribution in [2.75, 3.05) is 0 Å². The number of hydrogen-bond donors (Lipinski definition) is 1. The number of carbonyl (C=O) groups excluding carboxylic acids is 3. The molecule has 0 saturated carbocycles. The summed E-state index contributed by atoms with van der Waals surface area (Å²) in [4.78, 5) is 33.8. The van der Waals surface area contributed by atoms with E-state index >= 15 is 0 Å². The molecule has 0 heterocycles. The highest BCUT2D eigenvalue weighted by molar-refractivity contribution is 5.79. The Morgan fingerprint density at radius 3 is 1.89 bits per heavy atom. The molecule has 6 heteroatoms. The fourth-order valence-corrected chi connectivity index (χ4v) is 1.15. The summed E-state index contributed by atoms with van der Waals surface area (Å²) >= 11 is 0. The number of alkyl carbamates (subject to hydrolysis) is 1. The molecule has 0 aromatic rings. The van der Waals surface area contributed by atoms with Gasteiger partial charge >= 0.3 is 12.1 Å². The Hall–Kier alpha value is -1.59. The van der Waals surface area contributed by atoms with Gasteiger partial charge in [-0.1, -0.05) is 0 Å². The van der Waals surface area contributed by atoms with Crippen molar-refractivity contribution in [3.63, 3.8) is 0 Å². The molecule has 110 valence electrons. The third-order valence-electron chi connectivity index (χ3n) is 1.67. The minimum atomic E-state index is -0.954. The third-order valence-corrected chi connectivity index (χ3v) is 1.67. The topological polar surface area (TPSA) is 81.7 Å². The van der Waals surface area contributed by atoms with E-state index in [4.69, 9.17) is 9.47 Å². The molecule has 0 bridgehead atoms. The second-order valence-corrected chi connectivity index (χ2v) is 6.18. The maximum atomic E-state index is 11.5. The largest absolute Gasteiger partial charge is 0.460 e. The first-order chi connectivity index (χ1) is 8.43. The van der Waals surface area contributed by atoms with Gasteiger partial charge < -0.3 is 19.6 Å². The highest BCUT2D eigenvalue weighted by atomic mass is 16.6. The number of amides is 1. The number of nitrogens with one attached hydrogen (secondary N) is 1. The number of rotatable bonds is 4. The van der Waals surface area contributed by atoms with Gasteiger partial charge in [-0.2, -0.15) is 0 Å². The van der Waals surface area contributed by atoms with Gasteiger partial charge in [0.2, 0.25) is 0 Å². The standard InChI is InChI=1S/C13H23NO5/c1-12(2,3)18-10(16)7-9(8-15)14-11(17)19-13(4,5)6/h8-9H,7H2,1-6H3,(H,14,17)/t9-/m1/s1. The number of carbonyl (C=O) groups is 3. The molecule has 0 unspecified atom stereocenters. The fraction of sp³-hybridized carbons (Fsp3) is 0.769. The molecular formula is C13H23NO5. The van der Waals surface area contributed by atoms with Crippen LogP contribution in [0.4, 0.5) is 4.79 Å². The fourth-order valence-electron chi connectivity index (χ4n) is 1.15. The van der Waals surface area contributed by atoms with Gasteiger partial charge in [0.25, 0.3) is 0 Å². The molecule has 1 N–H and O–H groups in total. The lowest BCUT2D eigenvalue weighted by molar-refractivity contribution is -0.155. The van der Waals surface area contributed by atoms with Crippen LogP contribution in [0, 0.1) is 0 Å². The Labute approximate surface area is 113 Å². The normalized spacial score (nSPS) is 13.4. The van der Waals surface area contributed by atoms with Crippen LogP contribution in [0.1, 0.15) is 48.0 Å². The Kier molecular flexibility index (Phi) is 5.99. The second kappa shape index (κ2) is 6.54. The maximum Gasteiger partial charge on any atom is 0.408 e. The van der Waals surface area contributed by atoms with Gasteiger partial charge in [-0.25, -0.2) is 4.79 Å². The number of esters is 1. The molecule has 0 fully saturated rings. The minimum Gasteiger partial charge on any atom is -0.460 e. The van der Waals surface area contributed by atoms with E-state index in [1.165, 1.54) is 0 Å². The van der Waals surface area contributed by atoms with E-state index in [0.717, 1.165) is 0 Å². The summed E-state index contributed by atoms with van der Waals surface area (Å²) in [6.45, 7) is 10.3. The average Bonchev–Trinajstić information content (AvgIpc) is 2.10. The monoisotopic (exact) mass is 273 g/mol. The van der Waals surface area contributed by atoms with E-state index in [0.29, 0.717) is 6.29 Å². The maximum absolute atomic E-state index is 11.5. The summed E-state index contributed by atoms with van der Waals surface area (Å²) in [5, 5.41) is 2.31. The smallest absolute Gasteiger partial charge is 0.408 e. The van der Waals surface area contributed by atoms with Crippen LogP contribution in [0.25, 0.3) is 0 Å². The predicted molar refractivity (Wildman–Crippen MR) is 69.7 cm³/mol. The molecule has 0 radical (unpaired) electrons. The first-order valence-electron chi connectivity index (χ1n) is 6.09. The molecule has 1 atom stereocenters. The van der Waals surface area contributed by atoms with Crippen LogP contribution in [0.15, 0.2) is 0 Å². The summed E-state index contributed by atoms with van der Waals surface area (Å²) in [5.74, 6) is -0.555. The second-order valence-electron chi connectivity index (χ2n) is 6.18. The van der Waals surface area contributed by atoms with E-state index in [1.54, 1.807) is 41.5 Å². The first-order valence-corrected chi connectivity index (χ1v) is 6.09. The number of ether oxygens (including phenoxy) is 2. The molecule has 0 rings (SSSR count). The SMILES string of the molecule is CC(C)(C)OC(=O)C[C@H](C=O)NC(=O)OC(C)(C)C. The van der Waals surface area contributed by atoms with Gasteiger partial charge in [-0.3, -0.25) is 4.79 Å². The molecule has 6 nitrogen and oxygen atoms in total. The molecule has 0 aromatic carbocycles. The van der Waals surface area contributed by atoms with E-state index in [2.05, 4.69) is 5.32 Å². The molecule has 0 spiro atoms. The predicted octanol–water partition coefficient (Wildman–Crippen LogP) is 1.81. The van der Waals surface area contributed by atoms with E-state index in [9.17, 15) is 14.4 Å². The molecule has 0 aliphatic heterocycles. The molecule has 19 heavy (non-hydrogen) atoms. The number of hydrogen-bond acceptors (Lipinski definition) is 5. The van der Waals surface area contributed by atoms with Crippen molar-refractivity contribution < 1.29 is 23.9 Å². The zero-order valence-corrected chi connectivity index (χ0v) is 12.4. The summed E-state index contributed by atoms with van der Waals surface area (Å²) in [7, 11) is 0. The number of aldehydes is 1. The lowest BCUT2D eigenvalue weighted by atomic mass is 10.2. The average molecular weight is 273 g/mol. The van der Waals surface area contributed by atoms with Crippen molar-refractivity contribution in [3.8, 4) is 0 Å². The van der Waals surface area contributed by atoms with Crippen LogP contribution < -0.4 is 5.32 Å². The van der Waals surface area contributed by atoms with Crippen LogP contribution in [0.5, 0.6) is 0 Å². The van der Waals surface area contributed by atoms with Gasteiger partial charge in [-0.15, -0.1) is 0 Å². The van der Waals surface area contributed by atoms with Crippen molar-refractivity contribution in [1.29, 1.82) is 0 Å². The zero-order chi connectivity index (χ0) is 15.3. The molecule has 0 aliphatic carbocycles. The molecular weight excluding hydrogens is 250 g/mol. The third kappa shape index (κ3) is 10.1. The van der Waals surface area contributed by atoms with Crippen LogP contribution in [0.2, 0.25) is 0 Å². The molecule has 1 amide bonds. The van der Waals surface area contributed by atoms with E-state index in [1.807, 2.05) is 0 Å². The van der Waals surface area contributed by atoms with Crippen LogP contribution in [-0.2, 0) is 19.1 Å². The van der Waals surface area contributed by atoms with Crippen molar-refractivity contribution in [3.05, 3.63) is 0 Å².